The third kappa shape index (κ3) is 7.86. The van der Waals surface area contributed by atoms with E-state index in [1.54, 1.807) is 27.7 Å². The van der Waals surface area contributed by atoms with Gasteiger partial charge in [0.2, 0.25) is 11.4 Å². The van der Waals surface area contributed by atoms with Crippen molar-refractivity contribution >= 4 is 34.9 Å². The monoisotopic (exact) mass is 573 g/mol. The Kier molecular flexibility index (Phi) is 14.1. The van der Waals surface area contributed by atoms with E-state index in [0.29, 0.717) is 12.8 Å². The number of hydrogen-bond donors (Lipinski definition) is 7. The van der Waals surface area contributed by atoms with Gasteiger partial charge in [0.25, 0.3) is 0 Å². The number of hydrogen-bond acceptors (Lipinski definition) is 12. The summed E-state index contributed by atoms with van der Waals surface area (Å²) in [5.74, 6) is -9.66. The molecule has 13 heteroatoms. The molecule has 230 valence electrons. The number of carbonyl (C=O) groups excluding carboxylic acids is 5. The van der Waals surface area contributed by atoms with Crippen LogP contribution in [0.4, 0.5) is 0 Å². The first kappa shape index (κ1) is 37.6. The molecule has 0 amide bonds. The summed E-state index contributed by atoms with van der Waals surface area (Å²) in [5.41, 5.74) is -9.94. The van der Waals surface area contributed by atoms with Crippen LogP contribution >= 0.6 is 0 Å². The van der Waals surface area contributed by atoms with Crippen molar-refractivity contribution in [2.45, 2.75) is 102 Å². The zero-order valence-electron chi connectivity index (χ0n) is 25.0. The predicted molar refractivity (Wildman–Crippen MR) is 146 cm³/mol. The highest BCUT2D eigenvalue weighted by Crippen LogP contribution is 2.30. The lowest BCUT2D eigenvalue weighted by atomic mass is 9.72. The molecule has 0 saturated heterocycles. The third-order valence-corrected chi connectivity index (χ3v) is 7.89. The lowest BCUT2D eigenvalue weighted by molar-refractivity contribution is -0.181. The van der Waals surface area contributed by atoms with Crippen LogP contribution < -0.4 is 16.0 Å². The molecule has 0 aromatic heterocycles. The Morgan fingerprint density at radius 2 is 1.15 bits per heavy atom. The number of ketones is 5. The molecule has 13 nitrogen and oxygen atoms in total. The zero-order chi connectivity index (χ0) is 31.8. The lowest BCUT2D eigenvalue weighted by Gasteiger charge is -2.36. The van der Waals surface area contributed by atoms with E-state index in [9.17, 15) is 49.2 Å². The van der Waals surface area contributed by atoms with Gasteiger partial charge in [0.05, 0.1) is 31.0 Å². The zero-order valence-corrected chi connectivity index (χ0v) is 25.0. The SMILES string of the molecule is CCC(C)[C@H](NC)C(=O)CC(O)(C(=O)O)C(=O)C(O)(CC(=O)C(C)(O)C(=O)[C@@H](NC)[C@H](C)CC)C(=O)[C@H](C)NC. The third-order valence-electron chi connectivity index (χ3n) is 7.89. The minimum atomic E-state index is -3.61. The second-order valence-corrected chi connectivity index (χ2v) is 10.7. The van der Waals surface area contributed by atoms with E-state index in [0.717, 1.165) is 6.92 Å². The summed E-state index contributed by atoms with van der Waals surface area (Å²) in [7, 11) is 4.16. The standard InChI is InChI=1S/C27H47N3O10/c1-10-14(3)19(29-8)17(31)12-27(40,24(36)37)23(35)26(39,21(33)16(5)28-7)13-18(32)25(6,38)22(34)20(30-9)15(4)11-2/h14-16,19-20,28-30,38-40H,10-13H2,1-9H3,(H,36,37)/t14?,15-,16+,19+,20+,25?,26?,27?/m1/s1. The van der Waals surface area contributed by atoms with Crippen molar-refractivity contribution in [2.75, 3.05) is 21.1 Å². The van der Waals surface area contributed by atoms with Crippen molar-refractivity contribution in [1.82, 2.24) is 16.0 Å². The quantitative estimate of drug-likeness (QED) is 0.0851. The molecule has 0 heterocycles. The normalized spacial score (nSPS) is 20.0. The topological polar surface area (TPSA) is 219 Å². The molecule has 0 spiro atoms. The van der Waals surface area contributed by atoms with Crippen molar-refractivity contribution in [3.8, 4) is 0 Å². The largest absolute Gasteiger partial charge is 0.479 e. The first-order valence-electron chi connectivity index (χ1n) is 13.4. The van der Waals surface area contributed by atoms with Crippen LogP contribution in [0.1, 0.15) is 67.2 Å². The minimum Gasteiger partial charge on any atom is -0.479 e. The molecule has 0 fully saturated rings. The highest BCUT2D eigenvalue weighted by atomic mass is 16.4. The van der Waals surface area contributed by atoms with Gasteiger partial charge in [-0.3, -0.25) is 24.0 Å². The van der Waals surface area contributed by atoms with Gasteiger partial charge >= 0.3 is 5.97 Å². The second kappa shape index (κ2) is 15.0. The van der Waals surface area contributed by atoms with Gasteiger partial charge in [-0.15, -0.1) is 0 Å². The number of Topliss-reactive ketones (excluding diaryl/α,β-unsaturated/α-hetero) is 5. The van der Waals surface area contributed by atoms with Crippen molar-refractivity contribution in [2.24, 2.45) is 11.8 Å². The molecule has 0 radical (unpaired) electrons. The first-order chi connectivity index (χ1) is 18.3. The number of aliphatic hydroxyl groups is 3. The maximum atomic E-state index is 13.6. The fourth-order valence-corrected chi connectivity index (χ4v) is 4.48. The van der Waals surface area contributed by atoms with Crippen molar-refractivity contribution in [3.05, 3.63) is 0 Å². The molecular weight excluding hydrogens is 526 g/mol. The van der Waals surface area contributed by atoms with Crippen LogP contribution in [0.15, 0.2) is 0 Å². The Morgan fingerprint density at radius 3 is 1.52 bits per heavy atom. The van der Waals surface area contributed by atoms with E-state index in [1.165, 1.54) is 28.1 Å². The molecule has 0 aromatic rings. The summed E-state index contributed by atoms with van der Waals surface area (Å²) in [4.78, 5) is 78.5. The van der Waals surface area contributed by atoms with E-state index in [1.807, 2.05) is 0 Å². The van der Waals surface area contributed by atoms with Gasteiger partial charge in [-0.25, -0.2) is 4.79 Å². The molecule has 0 rings (SSSR count). The Labute approximate surface area is 235 Å². The predicted octanol–water partition coefficient (Wildman–Crippen LogP) is -1.21. The highest BCUT2D eigenvalue weighted by Gasteiger charge is 2.61. The summed E-state index contributed by atoms with van der Waals surface area (Å²) in [6.07, 6.45) is -1.87. The Morgan fingerprint density at radius 1 is 0.700 bits per heavy atom. The summed E-state index contributed by atoms with van der Waals surface area (Å²) < 4.78 is 0. The Bertz CT molecular complexity index is 968. The van der Waals surface area contributed by atoms with Crippen LogP contribution in [0.3, 0.4) is 0 Å². The summed E-state index contributed by atoms with van der Waals surface area (Å²) in [6, 6.07) is -3.32. The van der Waals surface area contributed by atoms with Crippen LogP contribution in [0.25, 0.3) is 0 Å². The molecule has 40 heavy (non-hydrogen) atoms. The molecule has 7 N–H and O–H groups in total. The minimum absolute atomic E-state index is 0.330. The van der Waals surface area contributed by atoms with Crippen molar-refractivity contribution in [3.63, 3.8) is 0 Å². The fraction of sp³-hybridized carbons (Fsp3) is 0.778. The van der Waals surface area contributed by atoms with Crippen molar-refractivity contribution in [1.29, 1.82) is 0 Å². The van der Waals surface area contributed by atoms with Gasteiger partial charge < -0.3 is 36.4 Å². The molecular formula is C27H47N3O10. The second-order valence-electron chi connectivity index (χ2n) is 10.7. The summed E-state index contributed by atoms with van der Waals surface area (Å²) >= 11 is 0. The first-order valence-corrected chi connectivity index (χ1v) is 13.4. The van der Waals surface area contributed by atoms with E-state index < -0.39 is 82.7 Å². The van der Waals surface area contributed by atoms with Gasteiger partial charge in [0, 0.05) is 0 Å². The van der Waals surface area contributed by atoms with Crippen LogP contribution in [0, 0.1) is 11.8 Å². The van der Waals surface area contributed by atoms with Gasteiger partial charge in [0.15, 0.2) is 34.3 Å². The van der Waals surface area contributed by atoms with Crippen molar-refractivity contribution < 1.29 is 49.2 Å². The maximum absolute atomic E-state index is 13.6. The number of carboxylic acids is 1. The van der Waals surface area contributed by atoms with Gasteiger partial charge in [0.1, 0.15) is 0 Å². The van der Waals surface area contributed by atoms with Crippen LogP contribution in [0.2, 0.25) is 0 Å². The van der Waals surface area contributed by atoms with Crippen LogP contribution in [-0.4, -0.2) is 111 Å². The molecule has 0 saturated carbocycles. The van der Waals surface area contributed by atoms with E-state index in [-0.39, 0.29) is 11.8 Å². The number of carboxylic acid groups (broad SMARTS) is 1. The molecule has 4 unspecified atom stereocenters. The van der Waals surface area contributed by atoms with Crippen LogP contribution in [0.5, 0.6) is 0 Å². The fourth-order valence-electron chi connectivity index (χ4n) is 4.48. The van der Waals surface area contributed by atoms with Gasteiger partial charge in [-0.2, -0.15) is 0 Å². The van der Waals surface area contributed by atoms with E-state index in [2.05, 4.69) is 16.0 Å². The number of aliphatic carboxylic acids is 1. The molecule has 0 bridgehead atoms. The molecule has 0 aromatic carbocycles. The average molecular weight is 574 g/mol. The summed E-state index contributed by atoms with van der Waals surface area (Å²) in [5, 5.41) is 51.1. The maximum Gasteiger partial charge on any atom is 0.344 e. The molecule has 0 aliphatic rings. The molecule has 0 aliphatic carbocycles. The van der Waals surface area contributed by atoms with E-state index in [4.69, 9.17) is 0 Å². The number of carbonyl (C=O) groups is 6. The van der Waals surface area contributed by atoms with Gasteiger partial charge in [-0.1, -0.05) is 40.5 Å². The number of rotatable bonds is 20. The Hall–Kier alpha value is -2.42. The molecule has 8 atom stereocenters. The number of nitrogens with one attached hydrogen (secondary N) is 3. The summed E-state index contributed by atoms with van der Waals surface area (Å²) in [6.45, 7) is 8.98. The lowest BCUT2D eigenvalue weighted by Crippen LogP contribution is -2.66. The van der Waals surface area contributed by atoms with Gasteiger partial charge in [-0.05, 0) is 46.8 Å². The average Bonchev–Trinajstić information content (AvgIpc) is 2.91. The van der Waals surface area contributed by atoms with E-state index >= 15 is 0 Å². The Balaban J connectivity index is 6.80. The molecule has 0 aliphatic heterocycles. The number of likely N-dealkylation sites (N-methyl/N-ethyl adjacent to an activating group) is 3. The highest BCUT2D eigenvalue weighted by molar-refractivity contribution is 6.25. The smallest absolute Gasteiger partial charge is 0.344 e. The van der Waals surface area contributed by atoms with Crippen LogP contribution in [-0.2, 0) is 28.8 Å².